The van der Waals surface area contributed by atoms with Crippen LogP contribution < -0.4 is 15.4 Å². The lowest BCUT2D eigenvalue weighted by atomic mass is 10.2. The number of thiocarbonyl (C=S) groups is 1. The highest BCUT2D eigenvalue weighted by molar-refractivity contribution is 7.80. The molecule has 1 heterocycles. The number of nitrogens with one attached hydrogen (secondary N) is 2. The van der Waals surface area contributed by atoms with Crippen LogP contribution in [-0.2, 0) is 6.61 Å². The Kier molecular flexibility index (Phi) is 5.92. The molecule has 152 valence electrons. The molecular formula is C24H17N3O3S. The number of carbonyl (C=O) groups is 1. The van der Waals surface area contributed by atoms with Crippen LogP contribution in [0.15, 0.2) is 83.3 Å². The number of amides is 1. The van der Waals surface area contributed by atoms with Gasteiger partial charge in [0.15, 0.2) is 10.9 Å². The minimum absolute atomic E-state index is 0.110. The van der Waals surface area contributed by atoms with Gasteiger partial charge in [-0.2, -0.15) is 5.26 Å². The number of hydrogen-bond donors (Lipinski definition) is 2. The van der Waals surface area contributed by atoms with Crippen LogP contribution in [0.4, 0.5) is 5.69 Å². The average Bonchev–Trinajstić information content (AvgIpc) is 3.23. The maximum Gasteiger partial charge on any atom is 0.293 e. The lowest BCUT2D eigenvalue weighted by molar-refractivity contribution is 0.0953. The molecule has 0 aliphatic rings. The van der Waals surface area contributed by atoms with E-state index in [4.69, 9.17) is 26.6 Å². The Bertz CT molecular complexity index is 1280. The maximum absolute atomic E-state index is 12.4. The van der Waals surface area contributed by atoms with Gasteiger partial charge in [0.25, 0.3) is 5.91 Å². The van der Waals surface area contributed by atoms with Crippen LogP contribution in [0, 0.1) is 11.3 Å². The van der Waals surface area contributed by atoms with E-state index in [1.165, 1.54) is 0 Å². The van der Waals surface area contributed by atoms with Gasteiger partial charge in [0, 0.05) is 11.1 Å². The molecule has 4 aromatic rings. The number of furan rings is 1. The van der Waals surface area contributed by atoms with Gasteiger partial charge in [-0.15, -0.1) is 0 Å². The fourth-order valence-corrected chi connectivity index (χ4v) is 3.14. The Morgan fingerprint density at radius 2 is 1.81 bits per heavy atom. The molecule has 7 heteroatoms. The third-order valence-corrected chi connectivity index (χ3v) is 4.66. The molecule has 0 saturated carbocycles. The second kappa shape index (κ2) is 9.11. The van der Waals surface area contributed by atoms with Crippen molar-refractivity contribution in [3.8, 4) is 11.8 Å². The van der Waals surface area contributed by atoms with E-state index in [-0.39, 0.29) is 10.9 Å². The molecule has 1 aromatic heterocycles. The molecular weight excluding hydrogens is 410 g/mol. The molecule has 0 spiro atoms. The van der Waals surface area contributed by atoms with E-state index in [2.05, 4.69) is 16.7 Å². The third kappa shape index (κ3) is 5.07. The normalized spacial score (nSPS) is 10.3. The molecule has 4 rings (SSSR count). The Morgan fingerprint density at radius 1 is 1.03 bits per heavy atom. The molecule has 0 bridgehead atoms. The van der Waals surface area contributed by atoms with Gasteiger partial charge >= 0.3 is 0 Å². The van der Waals surface area contributed by atoms with Crippen molar-refractivity contribution in [2.75, 3.05) is 5.32 Å². The van der Waals surface area contributed by atoms with Gasteiger partial charge in [-0.1, -0.05) is 30.3 Å². The number of hydrogen-bond acceptors (Lipinski definition) is 5. The zero-order valence-electron chi connectivity index (χ0n) is 16.3. The molecule has 0 aliphatic carbocycles. The first-order valence-electron chi connectivity index (χ1n) is 9.43. The first-order chi connectivity index (χ1) is 15.1. The average molecular weight is 427 g/mol. The summed E-state index contributed by atoms with van der Waals surface area (Å²) < 4.78 is 11.3. The van der Waals surface area contributed by atoms with E-state index < -0.39 is 5.91 Å². The van der Waals surface area contributed by atoms with Crippen molar-refractivity contribution in [1.29, 1.82) is 5.26 Å². The lowest BCUT2D eigenvalue weighted by Gasteiger charge is -2.10. The van der Waals surface area contributed by atoms with Gasteiger partial charge in [-0.25, -0.2) is 0 Å². The molecule has 0 radical (unpaired) electrons. The zero-order valence-corrected chi connectivity index (χ0v) is 17.1. The van der Waals surface area contributed by atoms with E-state index in [1.807, 2.05) is 54.6 Å². The van der Waals surface area contributed by atoms with Crippen molar-refractivity contribution >= 4 is 39.9 Å². The van der Waals surface area contributed by atoms with Crippen molar-refractivity contribution < 1.29 is 13.9 Å². The van der Waals surface area contributed by atoms with E-state index in [0.29, 0.717) is 28.8 Å². The Hall–Kier alpha value is -4.15. The van der Waals surface area contributed by atoms with E-state index >= 15 is 0 Å². The molecule has 0 unspecified atom stereocenters. The first kappa shape index (κ1) is 20.1. The summed E-state index contributed by atoms with van der Waals surface area (Å²) >= 11 is 5.22. The highest BCUT2D eigenvalue weighted by Crippen LogP contribution is 2.21. The number of ether oxygens (including phenoxy) is 1. The predicted molar refractivity (Wildman–Crippen MR) is 122 cm³/mol. The van der Waals surface area contributed by atoms with Gasteiger partial charge in [0.1, 0.15) is 17.9 Å². The number of nitrogens with zero attached hydrogens (tertiary/aromatic N) is 1. The summed E-state index contributed by atoms with van der Waals surface area (Å²) in [5.41, 5.74) is 2.81. The van der Waals surface area contributed by atoms with Gasteiger partial charge in [0.2, 0.25) is 0 Å². The van der Waals surface area contributed by atoms with E-state index in [9.17, 15) is 4.79 Å². The molecule has 0 saturated heterocycles. The summed E-state index contributed by atoms with van der Waals surface area (Å²) in [4.78, 5) is 12.4. The standard InChI is InChI=1S/C24H17N3O3S/c25-14-17-6-11-21-18(12-17)13-22(30-21)23(28)27-24(31)26-19-7-9-20(10-8-19)29-15-16-4-2-1-3-5-16/h1-13H,15H2,(H2,26,27,28,31). The maximum atomic E-state index is 12.4. The lowest BCUT2D eigenvalue weighted by Crippen LogP contribution is -2.33. The molecule has 0 aliphatic heterocycles. The summed E-state index contributed by atoms with van der Waals surface area (Å²) in [7, 11) is 0. The monoisotopic (exact) mass is 427 g/mol. The minimum Gasteiger partial charge on any atom is -0.489 e. The second-order valence-corrected chi connectivity index (χ2v) is 7.09. The number of anilines is 1. The van der Waals surface area contributed by atoms with Crippen LogP contribution in [-0.4, -0.2) is 11.0 Å². The van der Waals surface area contributed by atoms with E-state index in [0.717, 1.165) is 11.3 Å². The molecule has 0 fully saturated rings. The van der Waals surface area contributed by atoms with Gasteiger partial charge in [-0.3, -0.25) is 10.1 Å². The Labute approximate surface area is 184 Å². The predicted octanol–water partition coefficient (Wildman–Crippen LogP) is 5.01. The number of carbonyl (C=O) groups excluding carboxylic acids is 1. The molecule has 1 amide bonds. The second-order valence-electron chi connectivity index (χ2n) is 6.68. The summed E-state index contributed by atoms with van der Waals surface area (Å²) in [5, 5.41) is 15.3. The Morgan fingerprint density at radius 3 is 2.55 bits per heavy atom. The van der Waals surface area contributed by atoms with Crippen LogP contribution in [0.1, 0.15) is 21.7 Å². The molecule has 3 aromatic carbocycles. The summed E-state index contributed by atoms with van der Waals surface area (Å²) in [6.45, 7) is 0.482. The van der Waals surface area contributed by atoms with Crippen LogP contribution in [0.25, 0.3) is 11.0 Å². The topological polar surface area (TPSA) is 87.3 Å². The number of rotatable bonds is 5. The fraction of sp³-hybridized carbons (Fsp3) is 0.0417. The van der Waals surface area contributed by atoms with Crippen LogP contribution in [0.3, 0.4) is 0 Å². The van der Waals surface area contributed by atoms with Crippen molar-refractivity contribution in [1.82, 2.24) is 5.32 Å². The van der Waals surface area contributed by atoms with Crippen LogP contribution in [0.5, 0.6) is 5.75 Å². The summed E-state index contributed by atoms with van der Waals surface area (Å²) in [6, 6.07) is 25.7. The number of benzene rings is 3. The van der Waals surface area contributed by atoms with Crippen molar-refractivity contribution in [3.63, 3.8) is 0 Å². The summed E-state index contributed by atoms with van der Waals surface area (Å²) in [6.07, 6.45) is 0. The molecule has 6 nitrogen and oxygen atoms in total. The van der Waals surface area contributed by atoms with Gasteiger partial charge in [0.05, 0.1) is 11.6 Å². The largest absolute Gasteiger partial charge is 0.489 e. The quantitative estimate of drug-likeness (QED) is 0.435. The van der Waals surface area contributed by atoms with Gasteiger partial charge < -0.3 is 14.5 Å². The van der Waals surface area contributed by atoms with Gasteiger partial charge in [-0.05, 0) is 66.3 Å². The van der Waals surface area contributed by atoms with Crippen molar-refractivity contribution in [2.24, 2.45) is 0 Å². The fourth-order valence-electron chi connectivity index (χ4n) is 2.93. The smallest absolute Gasteiger partial charge is 0.293 e. The highest BCUT2D eigenvalue weighted by Gasteiger charge is 2.14. The third-order valence-electron chi connectivity index (χ3n) is 4.46. The van der Waals surface area contributed by atoms with Crippen molar-refractivity contribution in [3.05, 3.63) is 95.7 Å². The van der Waals surface area contributed by atoms with Crippen LogP contribution >= 0.6 is 12.2 Å². The first-order valence-corrected chi connectivity index (χ1v) is 9.84. The van der Waals surface area contributed by atoms with Crippen LogP contribution in [0.2, 0.25) is 0 Å². The number of fused-ring (bicyclic) bond motifs is 1. The highest BCUT2D eigenvalue weighted by atomic mass is 32.1. The zero-order chi connectivity index (χ0) is 21.6. The number of nitriles is 1. The summed E-state index contributed by atoms with van der Waals surface area (Å²) in [5.74, 6) is 0.359. The minimum atomic E-state index is -0.477. The molecule has 31 heavy (non-hydrogen) atoms. The SMILES string of the molecule is N#Cc1ccc2oc(C(=O)NC(=S)Nc3ccc(OCc4ccccc4)cc3)cc2c1. The van der Waals surface area contributed by atoms with E-state index in [1.54, 1.807) is 24.3 Å². The van der Waals surface area contributed by atoms with Crippen molar-refractivity contribution in [2.45, 2.75) is 6.61 Å². The Balaban J connectivity index is 1.33. The molecule has 2 N–H and O–H groups in total. The molecule has 0 atom stereocenters.